The number of aliphatic hydroxyl groups excluding tert-OH is 1. The van der Waals surface area contributed by atoms with Crippen LogP contribution < -0.4 is 0 Å². The van der Waals surface area contributed by atoms with Crippen molar-refractivity contribution in [3.63, 3.8) is 0 Å². The molecule has 5 heteroatoms. The van der Waals surface area contributed by atoms with Crippen molar-refractivity contribution in [2.75, 3.05) is 13.2 Å². The molecule has 72 heavy (non-hydrogen) atoms. The van der Waals surface area contributed by atoms with Gasteiger partial charge in [0.05, 0.1) is 6.61 Å². The van der Waals surface area contributed by atoms with E-state index < -0.39 is 6.10 Å². The zero-order valence-corrected chi connectivity index (χ0v) is 48.2. The quantitative estimate of drug-likeness (QED) is 0.0373. The lowest BCUT2D eigenvalue weighted by Crippen LogP contribution is -2.28. The van der Waals surface area contributed by atoms with Gasteiger partial charge < -0.3 is 14.6 Å². The highest BCUT2D eigenvalue weighted by atomic mass is 16.6. The van der Waals surface area contributed by atoms with Gasteiger partial charge in [0, 0.05) is 12.8 Å². The number of aliphatic hydroxyl groups is 1. The molecule has 420 valence electrons. The van der Waals surface area contributed by atoms with Crippen LogP contribution in [0.4, 0.5) is 0 Å². The van der Waals surface area contributed by atoms with Crippen molar-refractivity contribution in [2.45, 2.75) is 341 Å². The summed E-state index contributed by atoms with van der Waals surface area (Å²) in [7, 11) is 0. The maximum Gasteiger partial charge on any atom is 0.306 e. The zero-order chi connectivity index (χ0) is 52.0. The van der Waals surface area contributed by atoms with E-state index in [0.717, 1.165) is 64.2 Å². The topological polar surface area (TPSA) is 72.8 Å². The molecule has 0 aliphatic heterocycles. The molecule has 0 bridgehead atoms. The van der Waals surface area contributed by atoms with E-state index >= 15 is 0 Å². The number of esters is 2. The molecule has 0 amide bonds. The lowest BCUT2D eigenvalue weighted by Gasteiger charge is -2.15. The zero-order valence-electron chi connectivity index (χ0n) is 48.2. The maximum atomic E-state index is 12.3. The van der Waals surface area contributed by atoms with Crippen LogP contribution in [0.3, 0.4) is 0 Å². The van der Waals surface area contributed by atoms with Crippen molar-refractivity contribution >= 4 is 11.9 Å². The summed E-state index contributed by atoms with van der Waals surface area (Å²) in [6.45, 7) is 4.07. The number of allylic oxidation sites excluding steroid dienone is 10. The molecule has 0 fully saturated rings. The highest BCUT2D eigenvalue weighted by molar-refractivity contribution is 5.70. The number of hydrogen-bond donors (Lipinski definition) is 1. The minimum Gasteiger partial charge on any atom is -0.462 e. The van der Waals surface area contributed by atoms with Gasteiger partial charge in [0.25, 0.3) is 0 Å². The van der Waals surface area contributed by atoms with E-state index in [1.807, 2.05) is 0 Å². The van der Waals surface area contributed by atoms with E-state index in [1.165, 1.54) is 244 Å². The predicted molar refractivity (Wildman–Crippen MR) is 316 cm³/mol. The second-order valence-electron chi connectivity index (χ2n) is 21.5. The van der Waals surface area contributed by atoms with E-state index in [4.69, 9.17) is 9.47 Å². The monoisotopic (exact) mass is 1010 g/mol. The molecule has 0 saturated carbocycles. The van der Waals surface area contributed by atoms with Crippen LogP contribution in [-0.2, 0) is 19.1 Å². The molecule has 0 aliphatic carbocycles. The minimum absolute atomic E-state index is 0.0631. The Hall–Kier alpha value is -2.40. The number of rotatable bonds is 59. The predicted octanol–water partition coefficient (Wildman–Crippen LogP) is 21.8. The Labute approximate surface area is 449 Å². The van der Waals surface area contributed by atoms with Gasteiger partial charge >= 0.3 is 11.9 Å². The van der Waals surface area contributed by atoms with Gasteiger partial charge in [0.15, 0.2) is 6.10 Å². The van der Waals surface area contributed by atoms with Crippen LogP contribution in [-0.4, -0.2) is 36.4 Å². The standard InChI is InChI=1S/C67H122O5/c1-3-5-7-9-11-13-15-17-19-21-23-25-27-29-31-32-33-34-36-37-39-41-43-45-47-49-51-53-55-57-59-61-66(69)71-64-65(63-68)72-67(70)62-60-58-56-54-52-50-48-46-44-42-40-38-35-30-28-26-24-22-20-18-16-14-12-10-8-6-4-2/h6,8,12,14,18,20-21,23-24,26,65,68H,3-5,7,9-11,13,15-17,19,22,25,27-64H2,1-2H3/b8-6-,14-12-,20-18-,23-21-,26-24-. The molecule has 0 aromatic rings. The van der Waals surface area contributed by atoms with Crippen molar-refractivity contribution in [1.29, 1.82) is 0 Å². The molecule has 0 saturated heterocycles. The normalized spacial score (nSPS) is 12.5. The van der Waals surface area contributed by atoms with Crippen LogP contribution in [0.2, 0.25) is 0 Å². The van der Waals surface area contributed by atoms with Crippen molar-refractivity contribution in [1.82, 2.24) is 0 Å². The van der Waals surface area contributed by atoms with Gasteiger partial charge in [-0.15, -0.1) is 0 Å². The fourth-order valence-corrected chi connectivity index (χ4v) is 9.55. The Kier molecular flexibility index (Phi) is 60.8. The third-order valence-electron chi connectivity index (χ3n) is 14.3. The first-order chi connectivity index (χ1) is 35.6. The van der Waals surface area contributed by atoms with Gasteiger partial charge in [-0.2, -0.15) is 0 Å². The first-order valence-electron chi connectivity index (χ1n) is 31.8. The van der Waals surface area contributed by atoms with E-state index in [1.54, 1.807) is 0 Å². The van der Waals surface area contributed by atoms with Gasteiger partial charge in [-0.3, -0.25) is 9.59 Å². The molecule has 0 aliphatic rings. The van der Waals surface area contributed by atoms with Crippen LogP contribution in [0.25, 0.3) is 0 Å². The summed E-state index contributed by atoms with van der Waals surface area (Å²) in [6.07, 6.45) is 85.1. The summed E-state index contributed by atoms with van der Waals surface area (Å²) in [5.41, 5.74) is 0. The van der Waals surface area contributed by atoms with Gasteiger partial charge in [-0.05, 0) is 77.0 Å². The number of carbonyl (C=O) groups excluding carboxylic acids is 2. The smallest absolute Gasteiger partial charge is 0.306 e. The third-order valence-corrected chi connectivity index (χ3v) is 14.3. The molecular weight excluding hydrogens is 885 g/mol. The molecule has 0 spiro atoms. The molecule has 1 unspecified atom stereocenters. The molecule has 0 aromatic heterocycles. The second-order valence-corrected chi connectivity index (χ2v) is 21.5. The molecule has 0 heterocycles. The largest absolute Gasteiger partial charge is 0.462 e. The van der Waals surface area contributed by atoms with E-state index in [2.05, 4.69) is 74.6 Å². The van der Waals surface area contributed by atoms with Gasteiger partial charge in [-0.1, -0.05) is 306 Å². The lowest BCUT2D eigenvalue weighted by atomic mass is 10.0. The average Bonchev–Trinajstić information content (AvgIpc) is 3.38. The molecule has 5 nitrogen and oxygen atoms in total. The van der Waals surface area contributed by atoms with Crippen molar-refractivity contribution in [3.8, 4) is 0 Å². The fourth-order valence-electron chi connectivity index (χ4n) is 9.55. The van der Waals surface area contributed by atoms with Crippen LogP contribution in [0, 0.1) is 0 Å². The summed E-state index contributed by atoms with van der Waals surface area (Å²) >= 11 is 0. The Balaban J connectivity index is 3.42. The van der Waals surface area contributed by atoms with Crippen LogP contribution >= 0.6 is 0 Å². The molecule has 0 rings (SSSR count). The van der Waals surface area contributed by atoms with Crippen molar-refractivity contribution in [3.05, 3.63) is 60.8 Å². The average molecular weight is 1010 g/mol. The highest BCUT2D eigenvalue weighted by Gasteiger charge is 2.16. The second kappa shape index (κ2) is 62.9. The number of hydrogen-bond acceptors (Lipinski definition) is 5. The van der Waals surface area contributed by atoms with Crippen molar-refractivity contribution in [2.24, 2.45) is 0 Å². The summed E-state index contributed by atoms with van der Waals surface area (Å²) in [4.78, 5) is 24.6. The molecule has 0 radical (unpaired) electrons. The number of ether oxygens (including phenoxy) is 2. The maximum absolute atomic E-state index is 12.3. The summed E-state index contributed by atoms with van der Waals surface area (Å²) in [6, 6.07) is 0. The minimum atomic E-state index is -0.773. The first kappa shape index (κ1) is 69.6. The van der Waals surface area contributed by atoms with Crippen molar-refractivity contribution < 1.29 is 24.2 Å². The molecule has 1 N–H and O–H groups in total. The summed E-state index contributed by atoms with van der Waals surface area (Å²) < 4.78 is 10.7. The summed E-state index contributed by atoms with van der Waals surface area (Å²) in [5, 5.41) is 9.68. The van der Waals surface area contributed by atoms with E-state index in [-0.39, 0.29) is 25.2 Å². The Morgan fingerprint density at radius 3 is 0.917 bits per heavy atom. The van der Waals surface area contributed by atoms with E-state index in [9.17, 15) is 14.7 Å². The summed E-state index contributed by atoms with van der Waals surface area (Å²) in [5.74, 6) is -0.575. The third kappa shape index (κ3) is 60.2. The molecule has 0 aromatic carbocycles. The Bertz CT molecular complexity index is 1230. The molecule has 1 atom stereocenters. The van der Waals surface area contributed by atoms with Crippen LogP contribution in [0.5, 0.6) is 0 Å². The highest BCUT2D eigenvalue weighted by Crippen LogP contribution is 2.18. The van der Waals surface area contributed by atoms with Gasteiger partial charge in [0.1, 0.15) is 6.61 Å². The van der Waals surface area contributed by atoms with Crippen LogP contribution in [0.15, 0.2) is 60.8 Å². The Morgan fingerprint density at radius 1 is 0.333 bits per heavy atom. The number of unbranched alkanes of at least 4 members (excludes halogenated alkanes) is 41. The van der Waals surface area contributed by atoms with Crippen LogP contribution in [0.1, 0.15) is 335 Å². The van der Waals surface area contributed by atoms with E-state index in [0.29, 0.717) is 12.8 Å². The Morgan fingerprint density at radius 2 is 0.597 bits per heavy atom. The van der Waals surface area contributed by atoms with Gasteiger partial charge in [-0.25, -0.2) is 0 Å². The van der Waals surface area contributed by atoms with Gasteiger partial charge in [0.2, 0.25) is 0 Å². The SMILES string of the molecule is CC/C=C\C/C=C\C/C=C\C/C=C\CCCCCCCCCCCCCCCCC(=O)OC(CO)COC(=O)CCCCCCCCCCCCCCCCCCCCC/C=C\CCCCCCCCCC. The number of carbonyl (C=O) groups is 2. The molecular formula is C67H122O5. The first-order valence-corrected chi connectivity index (χ1v) is 31.8. The lowest BCUT2D eigenvalue weighted by molar-refractivity contribution is -0.161. The fraction of sp³-hybridized carbons (Fsp3) is 0.821.